The Hall–Kier alpha value is -2.32. The summed E-state index contributed by atoms with van der Waals surface area (Å²) in [6.07, 6.45) is 4.86. The number of benzene rings is 1. The lowest BCUT2D eigenvalue weighted by Gasteiger charge is -2.35. The number of aromatic nitrogens is 1. The molecular weight excluding hydrogens is 367 g/mol. The molecule has 0 bridgehead atoms. The van der Waals surface area contributed by atoms with E-state index < -0.39 is 11.0 Å². The van der Waals surface area contributed by atoms with Gasteiger partial charge in [0.15, 0.2) is 0 Å². The molecule has 6 nitrogen and oxygen atoms in total. The number of hydrogen-bond acceptors (Lipinski definition) is 3. The third-order valence-electron chi connectivity index (χ3n) is 4.81. The van der Waals surface area contributed by atoms with Crippen LogP contribution in [0.15, 0.2) is 42.6 Å². The van der Waals surface area contributed by atoms with E-state index in [4.69, 9.17) is 0 Å². The highest BCUT2D eigenvalue weighted by Gasteiger charge is 2.26. The Morgan fingerprint density at radius 1 is 1.26 bits per heavy atom. The van der Waals surface area contributed by atoms with Gasteiger partial charge in [0.05, 0.1) is 11.0 Å². The average molecular weight is 390 g/mol. The van der Waals surface area contributed by atoms with Crippen molar-refractivity contribution in [1.82, 2.24) is 14.2 Å². The van der Waals surface area contributed by atoms with E-state index in [0.29, 0.717) is 18.9 Å². The maximum atomic E-state index is 13.3. The zero-order valence-electron chi connectivity index (χ0n) is 15.4. The lowest BCUT2D eigenvalue weighted by molar-refractivity contribution is 0.175. The second-order valence-electron chi connectivity index (χ2n) is 6.57. The molecule has 27 heavy (non-hydrogen) atoms. The van der Waals surface area contributed by atoms with Gasteiger partial charge in [-0.25, -0.2) is 22.7 Å². The molecule has 1 aliphatic heterocycles. The topological polar surface area (TPSA) is 65.5 Å². The highest BCUT2D eigenvalue weighted by molar-refractivity contribution is 7.81. The Morgan fingerprint density at radius 2 is 2.00 bits per heavy atom. The molecule has 144 valence electrons. The number of pyridine rings is 1. The Bertz CT molecular complexity index is 823. The molecule has 1 aromatic carbocycles. The minimum Gasteiger partial charge on any atom is -0.324 e. The van der Waals surface area contributed by atoms with Crippen molar-refractivity contribution < 1.29 is 13.4 Å². The predicted molar refractivity (Wildman–Crippen MR) is 105 cm³/mol. The van der Waals surface area contributed by atoms with Gasteiger partial charge in [-0.2, -0.15) is 0 Å². The number of halogens is 1. The molecule has 0 spiro atoms. The normalized spacial score (nSPS) is 16.7. The van der Waals surface area contributed by atoms with Crippen molar-refractivity contribution >= 4 is 22.8 Å². The molecule has 2 heterocycles. The minimum atomic E-state index is -0.961. The monoisotopic (exact) mass is 390 g/mol. The summed E-state index contributed by atoms with van der Waals surface area (Å²) in [4.78, 5) is 18.4. The molecule has 1 atom stereocenters. The van der Waals surface area contributed by atoms with Gasteiger partial charge >= 0.3 is 6.03 Å². The van der Waals surface area contributed by atoms with E-state index >= 15 is 0 Å². The van der Waals surface area contributed by atoms with E-state index in [9.17, 15) is 13.4 Å². The maximum Gasteiger partial charge on any atom is 0.323 e. The summed E-state index contributed by atoms with van der Waals surface area (Å²) < 4.78 is 26.8. The van der Waals surface area contributed by atoms with E-state index in [2.05, 4.69) is 10.3 Å². The number of nitrogens with zero attached hydrogens (tertiary/aromatic N) is 3. The molecular formula is C19H23FN4O2S. The average Bonchev–Trinajstić information content (AvgIpc) is 2.68. The van der Waals surface area contributed by atoms with Crippen molar-refractivity contribution in [1.29, 1.82) is 0 Å². The molecule has 8 heteroatoms. The summed E-state index contributed by atoms with van der Waals surface area (Å²) in [5.74, 6) is 0.142. The van der Waals surface area contributed by atoms with Crippen LogP contribution in [0.4, 0.5) is 15.0 Å². The number of carbonyl (C=O) groups excluding carboxylic acids is 1. The fraction of sp³-hybridized carbons (Fsp3) is 0.368. The zero-order chi connectivity index (χ0) is 19.4. The summed E-state index contributed by atoms with van der Waals surface area (Å²) in [6, 6.07) is 9.68. The van der Waals surface area contributed by atoms with Crippen molar-refractivity contribution in [2.24, 2.45) is 0 Å². The minimum absolute atomic E-state index is 0.108. The van der Waals surface area contributed by atoms with Gasteiger partial charge in [-0.15, -0.1) is 0 Å². The molecule has 1 unspecified atom stereocenters. The van der Waals surface area contributed by atoms with Crippen molar-refractivity contribution in [2.45, 2.75) is 18.9 Å². The van der Waals surface area contributed by atoms with Gasteiger partial charge in [-0.05, 0) is 42.7 Å². The summed E-state index contributed by atoms with van der Waals surface area (Å²) in [6.45, 7) is 1.43. The number of piperidine rings is 1. The molecule has 1 aliphatic rings. The summed E-state index contributed by atoms with van der Waals surface area (Å²) in [7, 11) is 0.802. The number of nitrogens with one attached hydrogen (secondary N) is 1. The van der Waals surface area contributed by atoms with Crippen LogP contribution in [0.2, 0.25) is 0 Å². The van der Waals surface area contributed by atoms with Crippen LogP contribution in [-0.4, -0.2) is 56.9 Å². The summed E-state index contributed by atoms with van der Waals surface area (Å²) >= 11 is 0. The molecule has 0 saturated carbocycles. The van der Waals surface area contributed by atoms with E-state index in [1.54, 1.807) is 42.6 Å². The first-order chi connectivity index (χ1) is 12.9. The predicted octanol–water partition coefficient (Wildman–Crippen LogP) is 3.11. The lowest BCUT2D eigenvalue weighted by Crippen LogP contribution is -2.47. The fourth-order valence-electron chi connectivity index (χ4n) is 3.16. The quantitative estimate of drug-likeness (QED) is 0.872. The molecule has 1 N–H and O–H groups in total. The van der Waals surface area contributed by atoms with Crippen LogP contribution < -0.4 is 5.32 Å². The zero-order valence-corrected chi connectivity index (χ0v) is 16.2. The van der Waals surface area contributed by atoms with Crippen molar-refractivity contribution in [2.75, 3.05) is 31.7 Å². The van der Waals surface area contributed by atoms with Crippen molar-refractivity contribution in [3.63, 3.8) is 0 Å². The molecule has 2 aromatic rings. The molecule has 2 amide bonds. The first kappa shape index (κ1) is 19.4. The molecule has 1 aromatic heterocycles. The molecule has 0 radical (unpaired) electrons. The molecule has 1 fully saturated rings. The third-order valence-corrected chi connectivity index (χ3v) is 5.90. The fourth-order valence-corrected chi connectivity index (χ4v) is 3.88. The largest absolute Gasteiger partial charge is 0.324 e. The number of carbonyl (C=O) groups is 1. The summed E-state index contributed by atoms with van der Waals surface area (Å²) in [5.41, 5.74) is 1.51. The van der Waals surface area contributed by atoms with Gasteiger partial charge in [0, 0.05) is 44.2 Å². The van der Waals surface area contributed by atoms with Gasteiger partial charge in [-0.3, -0.25) is 5.32 Å². The van der Waals surface area contributed by atoms with Gasteiger partial charge in [0.1, 0.15) is 11.6 Å². The van der Waals surface area contributed by atoms with Crippen molar-refractivity contribution in [3.8, 4) is 11.1 Å². The van der Waals surface area contributed by atoms with Crippen LogP contribution >= 0.6 is 0 Å². The third kappa shape index (κ3) is 4.90. The second-order valence-corrected chi connectivity index (χ2v) is 7.93. The highest BCUT2D eigenvalue weighted by atomic mass is 32.2. The first-order valence-corrected chi connectivity index (χ1v) is 10.3. The first-order valence-electron chi connectivity index (χ1n) is 8.78. The number of amides is 2. The maximum absolute atomic E-state index is 13.3. The number of rotatable bonds is 4. The van der Waals surface area contributed by atoms with E-state index in [-0.39, 0.29) is 17.9 Å². The van der Waals surface area contributed by atoms with E-state index in [0.717, 1.165) is 24.0 Å². The van der Waals surface area contributed by atoms with Crippen molar-refractivity contribution in [3.05, 3.63) is 48.4 Å². The highest BCUT2D eigenvalue weighted by Crippen LogP contribution is 2.21. The smallest absolute Gasteiger partial charge is 0.323 e. The SMILES string of the molecule is CN(C(=O)Nc1ccc(-c2cccc(F)c2)cn1)C1CCN(S(C)=O)CC1. The van der Waals surface area contributed by atoms with Crippen LogP contribution in [0.25, 0.3) is 11.1 Å². The van der Waals surface area contributed by atoms with Crippen LogP contribution in [0.1, 0.15) is 12.8 Å². The number of anilines is 1. The lowest BCUT2D eigenvalue weighted by atomic mass is 10.1. The van der Waals surface area contributed by atoms with Gasteiger partial charge < -0.3 is 4.90 Å². The second kappa shape index (κ2) is 8.58. The Morgan fingerprint density at radius 3 is 2.59 bits per heavy atom. The van der Waals surface area contributed by atoms with Crippen LogP contribution in [0.3, 0.4) is 0 Å². The Labute approximate surface area is 161 Å². The van der Waals surface area contributed by atoms with E-state index in [1.807, 2.05) is 10.4 Å². The van der Waals surface area contributed by atoms with Gasteiger partial charge in [0.2, 0.25) is 0 Å². The van der Waals surface area contributed by atoms with Crippen LogP contribution in [0.5, 0.6) is 0 Å². The molecule has 0 aliphatic carbocycles. The van der Waals surface area contributed by atoms with Crippen LogP contribution in [0, 0.1) is 5.82 Å². The Balaban J connectivity index is 1.58. The number of hydrogen-bond donors (Lipinski definition) is 1. The number of urea groups is 1. The standard InChI is InChI=1S/C19H23FN4O2S/c1-23(17-8-10-24(11-9-17)27(2)26)19(25)22-18-7-6-15(13-21-18)14-4-3-5-16(20)12-14/h3-7,12-13,17H,8-11H2,1-2H3,(H,21,22,25). The molecule has 3 rings (SSSR count). The van der Waals surface area contributed by atoms with E-state index in [1.165, 1.54) is 12.1 Å². The Kier molecular flexibility index (Phi) is 6.18. The van der Waals surface area contributed by atoms with Gasteiger partial charge in [0.25, 0.3) is 0 Å². The van der Waals surface area contributed by atoms with Crippen LogP contribution in [-0.2, 0) is 11.0 Å². The molecule has 1 saturated heterocycles. The summed E-state index contributed by atoms with van der Waals surface area (Å²) in [5, 5.41) is 2.79. The van der Waals surface area contributed by atoms with Gasteiger partial charge in [-0.1, -0.05) is 12.1 Å².